The number of methoxy groups -OCH3 is 1. The highest BCUT2D eigenvalue weighted by Crippen LogP contribution is 2.27. The Morgan fingerprint density at radius 2 is 1.80 bits per heavy atom. The van der Waals surface area contributed by atoms with Gasteiger partial charge in [0.25, 0.3) is 0 Å². The third-order valence-corrected chi connectivity index (χ3v) is 2.70. The summed E-state index contributed by atoms with van der Waals surface area (Å²) in [5.74, 6) is 0.992. The maximum Gasteiger partial charge on any atom is 0.0571 e. The number of hydrogen-bond acceptors (Lipinski definition) is 1. The van der Waals surface area contributed by atoms with Crippen LogP contribution in [0.15, 0.2) is 0 Å². The van der Waals surface area contributed by atoms with Gasteiger partial charge in [0.1, 0.15) is 0 Å². The molecule has 0 aliphatic heterocycles. The van der Waals surface area contributed by atoms with E-state index >= 15 is 0 Å². The molecule has 0 aromatic rings. The van der Waals surface area contributed by atoms with E-state index in [4.69, 9.17) is 4.74 Å². The lowest BCUT2D eigenvalue weighted by Gasteiger charge is -2.26. The van der Waals surface area contributed by atoms with Gasteiger partial charge in [0.2, 0.25) is 0 Å². The van der Waals surface area contributed by atoms with Crippen LogP contribution < -0.4 is 0 Å². The van der Waals surface area contributed by atoms with Gasteiger partial charge in [0.05, 0.1) is 6.10 Å². The molecule has 1 heteroatoms. The molecular weight excluding hydrogens is 124 g/mol. The Kier molecular flexibility index (Phi) is 3.20. The SMILES string of the molecule is CCC1CCC(OC)CC1. The summed E-state index contributed by atoms with van der Waals surface area (Å²) in [6.45, 7) is 2.29. The highest BCUT2D eigenvalue weighted by molar-refractivity contribution is 4.71. The lowest BCUT2D eigenvalue weighted by Crippen LogP contribution is -2.19. The van der Waals surface area contributed by atoms with E-state index < -0.39 is 0 Å². The van der Waals surface area contributed by atoms with Crippen LogP contribution in [0.25, 0.3) is 0 Å². The van der Waals surface area contributed by atoms with Gasteiger partial charge in [0.15, 0.2) is 0 Å². The van der Waals surface area contributed by atoms with Gasteiger partial charge in [-0.15, -0.1) is 0 Å². The minimum Gasteiger partial charge on any atom is -0.381 e. The molecule has 0 N–H and O–H groups in total. The third kappa shape index (κ3) is 1.98. The fourth-order valence-corrected chi connectivity index (χ4v) is 1.78. The lowest BCUT2D eigenvalue weighted by molar-refractivity contribution is 0.0563. The zero-order valence-corrected chi connectivity index (χ0v) is 7.10. The van der Waals surface area contributed by atoms with Gasteiger partial charge in [-0.25, -0.2) is 0 Å². The molecule has 0 amide bonds. The molecule has 1 saturated carbocycles. The first-order valence-electron chi connectivity index (χ1n) is 4.39. The maximum atomic E-state index is 5.28. The first kappa shape index (κ1) is 8.06. The van der Waals surface area contributed by atoms with Crippen LogP contribution in [-0.2, 0) is 4.74 Å². The van der Waals surface area contributed by atoms with E-state index in [1.807, 2.05) is 7.11 Å². The second-order valence-electron chi connectivity index (χ2n) is 3.29. The lowest BCUT2D eigenvalue weighted by atomic mass is 9.86. The van der Waals surface area contributed by atoms with Crippen LogP contribution in [0.5, 0.6) is 0 Å². The van der Waals surface area contributed by atoms with Gasteiger partial charge in [-0.2, -0.15) is 0 Å². The summed E-state index contributed by atoms with van der Waals surface area (Å²) in [6.07, 6.45) is 7.27. The van der Waals surface area contributed by atoms with E-state index in [-0.39, 0.29) is 0 Å². The van der Waals surface area contributed by atoms with Gasteiger partial charge < -0.3 is 4.74 Å². The summed E-state index contributed by atoms with van der Waals surface area (Å²) in [5, 5.41) is 0. The molecule has 1 aliphatic rings. The summed E-state index contributed by atoms with van der Waals surface area (Å²) in [7, 11) is 1.83. The molecule has 1 aliphatic carbocycles. The minimum absolute atomic E-state index is 0.572. The predicted molar refractivity (Wildman–Crippen MR) is 43.0 cm³/mol. The van der Waals surface area contributed by atoms with Crippen LogP contribution in [0.3, 0.4) is 0 Å². The van der Waals surface area contributed by atoms with Crippen molar-refractivity contribution in [1.82, 2.24) is 0 Å². The van der Waals surface area contributed by atoms with Gasteiger partial charge >= 0.3 is 0 Å². The molecule has 1 fully saturated rings. The van der Waals surface area contributed by atoms with Gasteiger partial charge in [-0.1, -0.05) is 13.3 Å². The van der Waals surface area contributed by atoms with Crippen molar-refractivity contribution in [1.29, 1.82) is 0 Å². The fourth-order valence-electron chi connectivity index (χ4n) is 1.78. The van der Waals surface area contributed by atoms with Crippen LogP contribution in [-0.4, -0.2) is 13.2 Å². The molecule has 0 saturated heterocycles. The molecule has 10 heavy (non-hydrogen) atoms. The average molecular weight is 142 g/mol. The Morgan fingerprint density at radius 3 is 2.20 bits per heavy atom. The van der Waals surface area contributed by atoms with E-state index in [1.165, 1.54) is 32.1 Å². The first-order chi connectivity index (χ1) is 4.86. The molecule has 60 valence electrons. The van der Waals surface area contributed by atoms with Crippen LogP contribution in [0.2, 0.25) is 0 Å². The Morgan fingerprint density at radius 1 is 1.20 bits per heavy atom. The highest BCUT2D eigenvalue weighted by Gasteiger charge is 2.18. The first-order valence-corrected chi connectivity index (χ1v) is 4.39. The van der Waals surface area contributed by atoms with Crippen LogP contribution >= 0.6 is 0 Å². The zero-order valence-electron chi connectivity index (χ0n) is 7.10. The maximum absolute atomic E-state index is 5.28. The van der Waals surface area contributed by atoms with Crippen molar-refractivity contribution in [2.75, 3.05) is 7.11 Å². The normalized spacial score (nSPS) is 34.2. The molecule has 0 spiro atoms. The molecule has 0 radical (unpaired) electrons. The Bertz CT molecular complexity index is 70.7. The van der Waals surface area contributed by atoms with Crippen molar-refractivity contribution in [3.8, 4) is 0 Å². The van der Waals surface area contributed by atoms with Crippen molar-refractivity contribution in [3.05, 3.63) is 0 Å². The summed E-state index contributed by atoms with van der Waals surface area (Å²) in [4.78, 5) is 0. The van der Waals surface area contributed by atoms with Crippen molar-refractivity contribution in [3.63, 3.8) is 0 Å². The average Bonchev–Trinajstić information content (AvgIpc) is 2.05. The van der Waals surface area contributed by atoms with Crippen LogP contribution in [0.4, 0.5) is 0 Å². The Balaban J connectivity index is 2.17. The molecule has 1 rings (SSSR count). The van der Waals surface area contributed by atoms with E-state index in [2.05, 4.69) is 6.92 Å². The molecule has 0 atom stereocenters. The van der Waals surface area contributed by atoms with Gasteiger partial charge in [-0.05, 0) is 31.6 Å². The topological polar surface area (TPSA) is 9.23 Å². The molecule has 0 aromatic heterocycles. The molecule has 0 unspecified atom stereocenters. The van der Waals surface area contributed by atoms with Crippen LogP contribution in [0, 0.1) is 5.92 Å². The third-order valence-electron chi connectivity index (χ3n) is 2.70. The quantitative estimate of drug-likeness (QED) is 0.576. The molecule has 0 heterocycles. The van der Waals surface area contributed by atoms with E-state index in [9.17, 15) is 0 Å². The van der Waals surface area contributed by atoms with E-state index in [0.717, 1.165) is 5.92 Å². The summed E-state index contributed by atoms with van der Waals surface area (Å²) in [6, 6.07) is 0. The molecule has 1 nitrogen and oxygen atoms in total. The van der Waals surface area contributed by atoms with Crippen molar-refractivity contribution in [2.45, 2.75) is 45.1 Å². The fraction of sp³-hybridized carbons (Fsp3) is 1.00. The molecular formula is C9H18O. The van der Waals surface area contributed by atoms with Crippen LogP contribution in [0.1, 0.15) is 39.0 Å². The van der Waals surface area contributed by atoms with Crippen molar-refractivity contribution >= 4 is 0 Å². The minimum atomic E-state index is 0.572. The summed E-state index contributed by atoms with van der Waals surface area (Å²) in [5.41, 5.74) is 0. The highest BCUT2D eigenvalue weighted by atomic mass is 16.5. The van der Waals surface area contributed by atoms with Crippen molar-refractivity contribution in [2.24, 2.45) is 5.92 Å². The zero-order chi connectivity index (χ0) is 7.40. The largest absolute Gasteiger partial charge is 0.381 e. The monoisotopic (exact) mass is 142 g/mol. The standard InChI is InChI=1S/C9H18O/c1-3-8-4-6-9(10-2)7-5-8/h8-9H,3-7H2,1-2H3. The van der Waals surface area contributed by atoms with E-state index in [1.54, 1.807) is 0 Å². The van der Waals surface area contributed by atoms with Gasteiger partial charge in [0, 0.05) is 7.11 Å². The van der Waals surface area contributed by atoms with Crippen molar-refractivity contribution < 1.29 is 4.74 Å². The summed E-state index contributed by atoms with van der Waals surface area (Å²) < 4.78 is 5.28. The number of ether oxygens (including phenoxy) is 1. The number of rotatable bonds is 2. The van der Waals surface area contributed by atoms with E-state index in [0.29, 0.717) is 6.10 Å². The second-order valence-corrected chi connectivity index (χ2v) is 3.29. The second kappa shape index (κ2) is 3.97. The smallest absolute Gasteiger partial charge is 0.0571 e. The Hall–Kier alpha value is -0.0400. The van der Waals surface area contributed by atoms with Gasteiger partial charge in [-0.3, -0.25) is 0 Å². The number of hydrogen-bond donors (Lipinski definition) is 0. The summed E-state index contributed by atoms with van der Waals surface area (Å²) >= 11 is 0. The predicted octanol–water partition coefficient (Wildman–Crippen LogP) is 2.60. The molecule has 0 aromatic carbocycles. The molecule has 0 bridgehead atoms. The Labute approximate surface area is 63.8 Å².